The molecule has 7 heteroatoms. The third-order valence-corrected chi connectivity index (χ3v) is 4.08. The van der Waals surface area contributed by atoms with E-state index in [0.717, 1.165) is 23.4 Å². The van der Waals surface area contributed by atoms with Crippen molar-refractivity contribution in [3.05, 3.63) is 58.6 Å². The van der Waals surface area contributed by atoms with Gasteiger partial charge >= 0.3 is 6.18 Å². The van der Waals surface area contributed by atoms with Crippen LogP contribution in [0.15, 0.2) is 47.6 Å². The molecule has 0 radical (unpaired) electrons. The SMILES string of the molecule is CNc1ccc(Cl)cc1/C(C)=N/N(c1ccc(C(F)(F)F)cc1)C(C)C. The van der Waals surface area contributed by atoms with E-state index in [4.69, 9.17) is 11.6 Å². The fourth-order valence-corrected chi connectivity index (χ4v) is 2.70. The number of hydrogen-bond acceptors (Lipinski definition) is 3. The highest BCUT2D eigenvalue weighted by molar-refractivity contribution is 6.31. The van der Waals surface area contributed by atoms with Gasteiger partial charge in [-0.1, -0.05) is 11.6 Å². The molecule has 0 amide bonds. The van der Waals surface area contributed by atoms with Gasteiger partial charge in [0.2, 0.25) is 0 Å². The molecule has 0 saturated heterocycles. The van der Waals surface area contributed by atoms with Gasteiger partial charge in [-0.15, -0.1) is 0 Å². The Hall–Kier alpha value is -2.21. The maximum absolute atomic E-state index is 12.8. The molecule has 140 valence electrons. The van der Waals surface area contributed by atoms with Crippen molar-refractivity contribution in [2.24, 2.45) is 5.10 Å². The predicted octanol–water partition coefficient (Wildman–Crippen LogP) is 6.04. The Morgan fingerprint density at radius 1 is 1.12 bits per heavy atom. The highest BCUT2D eigenvalue weighted by atomic mass is 35.5. The van der Waals surface area contributed by atoms with Crippen LogP contribution in [-0.2, 0) is 6.18 Å². The molecule has 1 N–H and O–H groups in total. The van der Waals surface area contributed by atoms with E-state index < -0.39 is 11.7 Å². The first kappa shape index (κ1) is 20.1. The van der Waals surface area contributed by atoms with Gasteiger partial charge in [-0.2, -0.15) is 18.3 Å². The molecule has 0 fully saturated rings. The van der Waals surface area contributed by atoms with E-state index in [1.165, 1.54) is 12.1 Å². The molecule has 0 aromatic heterocycles. The molecule has 2 aromatic carbocycles. The molecule has 2 rings (SSSR count). The molecule has 0 spiro atoms. The first-order chi connectivity index (χ1) is 12.1. The number of nitrogens with one attached hydrogen (secondary N) is 1. The van der Waals surface area contributed by atoms with Crippen LogP contribution >= 0.6 is 11.6 Å². The molecule has 0 unspecified atom stereocenters. The Kier molecular flexibility index (Phi) is 6.18. The van der Waals surface area contributed by atoms with Gasteiger partial charge in [0.15, 0.2) is 0 Å². The molecule has 3 nitrogen and oxygen atoms in total. The summed E-state index contributed by atoms with van der Waals surface area (Å²) in [6, 6.07) is 10.4. The maximum atomic E-state index is 12.8. The van der Waals surface area contributed by atoms with Gasteiger partial charge in [-0.05, 0) is 63.2 Å². The average Bonchev–Trinajstić information content (AvgIpc) is 2.58. The smallest absolute Gasteiger partial charge is 0.388 e. The second kappa shape index (κ2) is 7.99. The Morgan fingerprint density at radius 2 is 1.73 bits per heavy atom. The molecule has 0 aliphatic rings. The van der Waals surface area contributed by atoms with Crippen LogP contribution in [0.5, 0.6) is 0 Å². The van der Waals surface area contributed by atoms with E-state index in [0.29, 0.717) is 16.4 Å². The Morgan fingerprint density at radius 3 is 2.23 bits per heavy atom. The summed E-state index contributed by atoms with van der Waals surface area (Å²) in [7, 11) is 1.80. The van der Waals surface area contributed by atoms with Crippen LogP contribution in [0.4, 0.5) is 24.5 Å². The van der Waals surface area contributed by atoms with E-state index in [-0.39, 0.29) is 6.04 Å². The fourth-order valence-electron chi connectivity index (χ4n) is 2.52. The molecule has 0 atom stereocenters. The van der Waals surface area contributed by atoms with Crippen LogP contribution in [-0.4, -0.2) is 18.8 Å². The molecule has 0 aliphatic heterocycles. The minimum absolute atomic E-state index is 0.0427. The number of benzene rings is 2. The highest BCUT2D eigenvalue weighted by Gasteiger charge is 2.30. The largest absolute Gasteiger partial charge is 0.416 e. The zero-order valence-corrected chi connectivity index (χ0v) is 15.8. The molecule has 0 heterocycles. The third kappa shape index (κ3) is 4.69. The lowest BCUT2D eigenvalue weighted by Gasteiger charge is -2.25. The van der Waals surface area contributed by atoms with Crippen LogP contribution < -0.4 is 10.3 Å². The predicted molar refractivity (Wildman–Crippen MR) is 102 cm³/mol. The Labute approximate surface area is 156 Å². The average molecular weight is 384 g/mol. The van der Waals surface area contributed by atoms with Crippen molar-refractivity contribution in [2.45, 2.75) is 33.0 Å². The highest BCUT2D eigenvalue weighted by Crippen LogP contribution is 2.31. The van der Waals surface area contributed by atoms with Crippen LogP contribution in [0.25, 0.3) is 0 Å². The summed E-state index contributed by atoms with van der Waals surface area (Å²) in [5.41, 5.74) is 2.30. The van der Waals surface area contributed by atoms with Gasteiger partial charge < -0.3 is 5.32 Å². The van der Waals surface area contributed by atoms with E-state index in [1.54, 1.807) is 24.2 Å². The zero-order chi connectivity index (χ0) is 19.5. The van der Waals surface area contributed by atoms with Crippen LogP contribution in [0.1, 0.15) is 31.9 Å². The van der Waals surface area contributed by atoms with Gasteiger partial charge in [-0.25, -0.2) is 0 Å². The number of alkyl halides is 3. The molecule has 0 aliphatic carbocycles. The normalized spacial score (nSPS) is 12.4. The monoisotopic (exact) mass is 383 g/mol. The second-order valence-corrected chi connectivity index (χ2v) is 6.54. The van der Waals surface area contributed by atoms with Crippen molar-refractivity contribution in [1.29, 1.82) is 0 Å². The van der Waals surface area contributed by atoms with E-state index in [9.17, 15) is 13.2 Å². The molecule has 0 bridgehead atoms. The lowest BCUT2D eigenvalue weighted by atomic mass is 10.1. The van der Waals surface area contributed by atoms with Crippen molar-refractivity contribution in [3.8, 4) is 0 Å². The number of hydrogen-bond donors (Lipinski definition) is 1. The van der Waals surface area contributed by atoms with E-state index in [2.05, 4.69) is 10.4 Å². The van der Waals surface area contributed by atoms with Crippen molar-refractivity contribution in [3.63, 3.8) is 0 Å². The summed E-state index contributed by atoms with van der Waals surface area (Å²) in [4.78, 5) is 0. The summed E-state index contributed by atoms with van der Waals surface area (Å²) in [6.07, 6.45) is -4.36. The van der Waals surface area contributed by atoms with Crippen LogP contribution in [0.2, 0.25) is 5.02 Å². The van der Waals surface area contributed by atoms with Gasteiger partial charge in [0.25, 0.3) is 0 Å². The van der Waals surface area contributed by atoms with E-state index >= 15 is 0 Å². The number of halogens is 4. The second-order valence-electron chi connectivity index (χ2n) is 6.11. The molecule has 26 heavy (non-hydrogen) atoms. The molecule has 0 saturated carbocycles. The first-order valence-electron chi connectivity index (χ1n) is 8.13. The summed E-state index contributed by atoms with van der Waals surface area (Å²) in [6.45, 7) is 5.68. The number of nitrogens with zero attached hydrogens (tertiary/aromatic N) is 2. The Bertz CT molecular complexity index is 784. The van der Waals surface area contributed by atoms with Gasteiger partial charge in [-0.3, -0.25) is 5.01 Å². The minimum Gasteiger partial charge on any atom is -0.388 e. The lowest BCUT2D eigenvalue weighted by molar-refractivity contribution is -0.137. The third-order valence-electron chi connectivity index (χ3n) is 3.85. The quantitative estimate of drug-likeness (QED) is 0.503. The van der Waals surface area contributed by atoms with Crippen molar-refractivity contribution >= 4 is 28.7 Å². The molecular formula is C19H21ClF3N3. The zero-order valence-electron chi connectivity index (χ0n) is 15.0. The minimum atomic E-state index is -4.36. The Balaban J connectivity index is 2.42. The van der Waals surface area contributed by atoms with Crippen molar-refractivity contribution in [1.82, 2.24) is 0 Å². The van der Waals surface area contributed by atoms with Crippen LogP contribution in [0.3, 0.4) is 0 Å². The van der Waals surface area contributed by atoms with Crippen molar-refractivity contribution in [2.75, 3.05) is 17.4 Å². The van der Waals surface area contributed by atoms with Gasteiger partial charge in [0.05, 0.1) is 17.0 Å². The number of hydrazone groups is 1. The molecular weight excluding hydrogens is 363 g/mol. The number of rotatable bonds is 5. The summed E-state index contributed by atoms with van der Waals surface area (Å²) < 4.78 is 38.3. The number of anilines is 2. The summed E-state index contributed by atoms with van der Waals surface area (Å²) >= 11 is 6.09. The van der Waals surface area contributed by atoms with Crippen LogP contribution in [0, 0.1) is 0 Å². The lowest BCUT2D eigenvalue weighted by Crippen LogP contribution is -2.26. The fraction of sp³-hybridized carbons (Fsp3) is 0.316. The molecule has 2 aromatic rings. The summed E-state index contributed by atoms with van der Waals surface area (Å²) in [5, 5.41) is 9.99. The topological polar surface area (TPSA) is 27.6 Å². The standard InChI is InChI=1S/C19H21ClF3N3/c1-12(2)26(16-8-5-14(6-9-16)19(21,22)23)25-13(3)17-11-15(20)7-10-18(17)24-4/h5-12,24H,1-4H3/b25-13+. The van der Waals surface area contributed by atoms with Gasteiger partial charge in [0, 0.05) is 29.4 Å². The van der Waals surface area contributed by atoms with E-state index in [1.807, 2.05) is 26.8 Å². The first-order valence-corrected chi connectivity index (χ1v) is 8.50. The summed E-state index contributed by atoms with van der Waals surface area (Å²) in [5.74, 6) is 0. The van der Waals surface area contributed by atoms with Gasteiger partial charge in [0.1, 0.15) is 0 Å². The van der Waals surface area contributed by atoms with Crippen molar-refractivity contribution < 1.29 is 13.2 Å². The maximum Gasteiger partial charge on any atom is 0.416 e.